The Morgan fingerprint density at radius 1 is 1.00 bits per heavy atom. The highest BCUT2D eigenvalue weighted by molar-refractivity contribution is 9.11. The van der Waals surface area contributed by atoms with Gasteiger partial charge >= 0.3 is 0 Å². The van der Waals surface area contributed by atoms with E-state index in [1.54, 1.807) is 0 Å². The van der Waals surface area contributed by atoms with Gasteiger partial charge in [0.1, 0.15) is 0 Å². The molecule has 0 radical (unpaired) electrons. The van der Waals surface area contributed by atoms with Gasteiger partial charge in [-0.3, -0.25) is 0 Å². The minimum Gasteiger partial charge on any atom is -0.0827 e. The maximum Gasteiger partial charge on any atom is 0.0656 e. The molecule has 0 amide bonds. The first kappa shape index (κ1) is 14.4. The van der Waals surface area contributed by atoms with Gasteiger partial charge in [-0.05, 0) is 36.2 Å². The van der Waals surface area contributed by atoms with Gasteiger partial charge in [0.05, 0.1) is 14.9 Å². The quantitative estimate of drug-likeness (QED) is 0.494. The van der Waals surface area contributed by atoms with E-state index in [1.807, 2.05) is 18.2 Å². The molecule has 2 aromatic carbocycles. The van der Waals surface area contributed by atoms with Crippen LogP contribution in [-0.4, -0.2) is 0 Å². The zero-order chi connectivity index (χ0) is 13.3. The second-order valence-electron chi connectivity index (χ2n) is 4.06. The molecule has 0 aliphatic rings. The third kappa shape index (κ3) is 3.11. The summed E-state index contributed by atoms with van der Waals surface area (Å²) < 4.78 is 1.07. The lowest BCUT2D eigenvalue weighted by atomic mass is 10.0. The van der Waals surface area contributed by atoms with Crippen molar-refractivity contribution in [2.75, 3.05) is 0 Å². The number of alkyl halides is 1. The normalized spacial score (nSPS) is 12.5. The smallest absolute Gasteiger partial charge is 0.0656 e. The number of rotatable bonds is 2. The third-order valence-electron chi connectivity index (χ3n) is 2.66. The van der Waals surface area contributed by atoms with Crippen LogP contribution in [0.1, 0.15) is 21.5 Å². The molecule has 0 saturated heterocycles. The molecule has 1 atom stereocenters. The number of hydrogen-bond donors (Lipinski definition) is 0. The molecule has 0 aliphatic heterocycles. The Morgan fingerprint density at radius 3 is 2.39 bits per heavy atom. The molecule has 0 bridgehead atoms. The summed E-state index contributed by atoms with van der Waals surface area (Å²) in [5, 5.41) is 1.14. The van der Waals surface area contributed by atoms with Gasteiger partial charge in [-0.2, -0.15) is 0 Å². The summed E-state index contributed by atoms with van der Waals surface area (Å²) in [6.45, 7) is 2.07. The number of hydrogen-bond acceptors (Lipinski definition) is 0. The highest BCUT2D eigenvalue weighted by atomic mass is 79.9. The van der Waals surface area contributed by atoms with E-state index in [1.165, 1.54) is 11.1 Å². The summed E-state index contributed by atoms with van der Waals surface area (Å²) in [6.07, 6.45) is 0. The van der Waals surface area contributed by atoms with Crippen molar-refractivity contribution in [1.29, 1.82) is 0 Å². The fraction of sp³-hybridized carbons (Fsp3) is 0.143. The molecule has 2 rings (SSSR count). The topological polar surface area (TPSA) is 0 Å². The van der Waals surface area contributed by atoms with Gasteiger partial charge in [0.2, 0.25) is 0 Å². The Labute approximate surface area is 134 Å². The molecule has 94 valence electrons. The van der Waals surface area contributed by atoms with Crippen LogP contribution in [0.3, 0.4) is 0 Å². The van der Waals surface area contributed by atoms with Gasteiger partial charge in [-0.1, -0.05) is 78.8 Å². The molecule has 0 aliphatic carbocycles. The largest absolute Gasteiger partial charge is 0.0827 e. The zero-order valence-corrected chi connectivity index (χ0v) is 14.2. The molecular formula is C14H10Br2Cl2. The van der Waals surface area contributed by atoms with Crippen LogP contribution >= 0.6 is 55.1 Å². The van der Waals surface area contributed by atoms with Gasteiger partial charge < -0.3 is 0 Å². The maximum atomic E-state index is 6.05. The summed E-state index contributed by atoms with van der Waals surface area (Å²) in [5.74, 6) is 0. The first-order valence-corrected chi connectivity index (χ1v) is 7.80. The van der Waals surface area contributed by atoms with Crippen LogP contribution in [0.2, 0.25) is 10.0 Å². The molecule has 0 spiro atoms. The fourth-order valence-electron chi connectivity index (χ4n) is 1.71. The molecule has 0 N–H and O–H groups in total. The Balaban J connectivity index is 2.44. The zero-order valence-electron chi connectivity index (χ0n) is 9.55. The summed E-state index contributed by atoms with van der Waals surface area (Å²) in [4.78, 5) is 0.0848. The van der Waals surface area contributed by atoms with Crippen LogP contribution in [0.4, 0.5) is 0 Å². The predicted octanol–water partition coefficient (Wildman–Crippen LogP) is 6.55. The Morgan fingerprint density at radius 2 is 1.72 bits per heavy atom. The second-order valence-corrected chi connectivity index (χ2v) is 6.65. The van der Waals surface area contributed by atoms with Crippen LogP contribution in [-0.2, 0) is 0 Å². The number of benzene rings is 2. The monoisotopic (exact) mass is 406 g/mol. The summed E-state index contributed by atoms with van der Waals surface area (Å²) >= 11 is 19.3. The number of halogens is 4. The van der Waals surface area contributed by atoms with Crippen LogP contribution in [0.5, 0.6) is 0 Å². The maximum absolute atomic E-state index is 6.05. The highest BCUT2D eigenvalue weighted by Gasteiger charge is 2.14. The van der Waals surface area contributed by atoms with E-state index >= 15 is 0 Å². The van der Waals surface area contributed by atoms with E-state index in [4.69, 9.17) is 23.2 Å². The van der Waals surface area contributed by atoms with E-state index in [0.29, 0.717) is 10.0 Å². The fourth-order valence-corrected chi connectivity index (χ4v) is 3.46. The molecule has 0 fully saturated rings. The Bertz CT molecular complexity index is 582. The van der Waals surface area contributed by atoms with Crippen molar-refractivity contribution < 1.29 is 0 Å². The molecule has 0 heterocycles. The lowest BCUT2D eigenvalue weighted by molar-refractivity contribution is 1.15. The van der Waals surface area contributed by atoms with Crippen LogP contribution in [0.25, 0.3) is 0 Å². The molecule has 4 heteroatoms. The van der Waals surface area contributed by atoms with Gasteiger partial charge in [-0.25, -0.2) is 0 Å². The lowest BCUT2D eigenvalue weighted by Crippen LogP contribution is -1.95. The van der Waals surface area contributed by atoms with Crippen molar-refractivity contribution >= 4 is 55.1 Å². The first-order chi connectivity index (χ1) is 8.49. The molecule has 1 unspecified atom stereocenters. The van der Waals surface area contributed by atoms with Gasteiger partial charge in [-0.15, -0.1) is 0 Å². The van der Waals surface area contributed by atoms with Crippen molar-refractivity contribution in [3.63, 3.8) is 0 Å². The van der Waals surface area contributed by atoms with Crippen molar-refractivity contribution in [3.05, 3.63) is 67.6 Å². The standard InChI is InChI=1S/C14H10Br2Cl2/c1-8-2-4-11(15)10(6-8)14(16)9-3-5-12(17)13(18)7-9/h2-7,14H,1H3. The molecule has 18 heavy (non-hydrogen) atoms. The number of aryl methyl sites for hydroxylation is 1. The van der Waals surface area contributed by atoms with E-state index in [2.05, 4.69) is 57.0 Å². The first-order valence-electron chi connectivity index (χ1n) is 5.34. The molecular weight excluding hydrogens is 399 g/mol. The van der Waals surface area contributed by atoms with E-state index < -0.39 is 0 Å². The minimum atomic E-state index is 0.0848. The third-order valence-corrected chi connectivity index (χ3v) is 5.14. The second kappa shape index (κ2) is 5.96. The van der Waals surface area contributed by atoms with Crippen LogP contribution < -0.4 is 0 Å². The van der Waals surface area contributed by atoms with E-state index in [-0.39, 0.29) is 4.83 Å². The molecule has 0 aromatic heterocycles. The van der Waals surface area contributed by atoms with Gasteiger partial charge in [0.25, 0.3) is 0 Å². The van der Waals surface area contributed by atoms with Gasteiger partial charge in [0, 0.05) is 4.47 Å². The van der Waals surface area contributed by atoms with E-state index in [0.717, 1.165) is 10.0 Å². The highest BCUT2D eigenvalue weighted by Crippen LogP contribution is 2.37. The Kier molecular flexibility index (Phi) is 4.76. The average Bonchev–Trinajstić information content (AvgIpc) is 2.35. The predicted molar refractivity (Wildman–Crippen MR) is 86.1 cm³/mol. The lowest BCUT2D eigenvalue weighted by Gasteiger charge is -2.14. The van der Waals surface area contributed by atoms with Crippen LogP contribution in [0.15, 0.2) is 40.9 Å². The SMILES string of the molecule is Cc1ccc(Br)c(C(Br)c2ccc(Cl)c(Cl)c2)c1. The molecule has 0 saturated carbocycles. The van der Waals surface area contributed by atoms with Crippen molar-refractivity contribution in [1.82, 2.24) is 0 Å². The van der Waals surface area contributed by atoms with Crippen molar-refractivity contribution in [2.45, 2.75) is 11.8 Å². The summed E-state index contributed by atoms with van der Waals surface area (Å²) in [7, 11) is 0. The van der Waals surface area contributed by atoms with Crippen LogP contribution in [0, 0.1) is 6.92 Å². The molecule has 2 aromatic rings. The minimum absolute atomic E-state index is 0.0848. The van der Waals surface area contributed by atoms with Crippen molar-refractivity contribution in [3.8, 4) is 0 Å². The molecule has 0 nitrogen and oxygen atoms in total. The Hall–Kier alpha value is -0.0200. The van der Waals surface area contributed by atoms with Gasteiger partial charge in [0.15, 0.2) is 0 Å². The summed E-state index contributed by atoms with van der Waals surface area (Å²) in [6, 6.07) is 11.9. The summed E-state index contributed by atoms with van der Waals surface area (Å²) in [5.41, 5.74) is 3.47. The van der Waals surface area contributed by atoms with E-state index in [9.17, 15) is 0 Å². The average molecular weight is 409 g/mol. The van der Waals surface area contributed by atoms with Crippen molar-refractivity contribution in [2.24, 2.45) is 0 Å².